The molecule has 0 aliphatic carbocycles. The number of ether oxygens (including phenoxy) is 3. The molecule has 2 rings (SSSR count). The maximum atomic E-state index is 12.9. The molecule has 21 nitrogen and oxygen atoms in total. The molecule has 0 aromatic carbocycles. The van der Waals surface area contributed by atoms with Crippen LogP contribution in [0.1, 0.15) is 162 Å². The predicted octanol–water partition coefficient (Wildman–Crippen LogP) is 7.88. The zero-order valence-corrected chi connectivity index (χ0v) is 45.9. The number of aliphatic hydroxyl groups excluding tert-OH is 5. The molecule has 0 bridgehead atoms. The number of phosphoric acid groups is 2. The number of nitrogen functional groups attached to an aromatic ring is 1. The first-order valence-corrected chi connectivity index (χ1v) is 29.5. The summed E-state index contributed by atoms with van der Waals surface area (Å²) in [5, 5.41) is 51.7. The van der Waals surface area contributed by atoms with Crippen molar-refractivity contribution in [2.45, 2.75) is 205 Å². The van der Waals surface area contributed by atoms with Crippen LogP contribution in [0.5, 0.6) is 0 Å². The van der Waals surface area contributed by atoms with Gasteiger partial charge in [-0.05, 0) is 44.1 Å². The molecule has 1 saturated heterocycles. The van der Waals surface area contributed by atoms with Gasteiger partial charge in [-0.1, -0.05) is 171 Å². The molecule has 428 valence electrons. The number of rotatable bonds is 42. The predicted molar refractivity (Wildman–Crippen MR) is 284 cm³/mol. The second-order valence-corrected chi connectivity index (χ2v) is 22.1. The quantitative estimate of drug-likeness (QED) is 0.0101. The molecule has 2 unspecified atom stereocenters. The minimum atomic E-state index is -5.52. The number of carbonyl (C=O) groups excluding carboxylic acids is 2. The van der Waals surface area contributed by atoms with Crippen LogP contribution in [0, 0.1) is 5.92 Å². The second-order valence-electron chi connectivity index (χ2n) is 19.0. The van der Waals surface area contributed by atoms with Crippen LogP contribution in [0.4, 0.5) is 5.82 Å². The summed E-state index contributed by atoms with van der Waals surface area (Å²) in [7, 11) is -11.0. The summed E-state index contributed by atoms with van der Waals surface area (Å²) in [5.41, 5.74) is 4.55. The number of anilines is 1. The first kappa shape index (κ1) is 67.4. The Morgan fingerprint density at radius 3 is 1.91 bits per heavy atom. The number of esters is 2. The third-order valence-corrected chi connectivity index (χ3v) is 14.5. The maximum absolute atomic E-state index is 12.9. The number of unbranched alkanes of at least 4 members (excludes halogenated alkanes) is 13. The molecule has 0 radical (unpaired) electrons. The summed E-state index contributed by atoms with van der Waals surface area (Å²) >= 11 is 0. The summed E-state index contributed by atoms with van der Waals surface area (Å²) in [5.74, 6) is -0.870. The number of phosphoric ester groups is 2. The van der Waals surface area contributed by atoms with Crippen molar-refractivity contribution in [3.63, 3.8) is 0 Å². The zero-order valence-electron chi connectivity index (χ0n) is 44.1. The highest BCUT2D eigenvalue weighted by molar-refractivity contribution is 7.61. The fraction of sp³-hybridized carbons (Fsp3) is 0.692. The molecule has 1 aromatic heterocycles. The minimum Gasteiger partial charge on any atom is -0.462 e. The van der Waals surface area contributed by atoms with E-state index in [2.05, 4.69) is 23.1 Å². The molecule has 0 amide bonds. The lowest BCUT2D eigenvalue weighted by molar-refractivity contribution is -0.161. The standard InChI is InChI=1S/C52H87N3O18P2/c1-4-5-22-29-41(56)30-24-19-16-17-20-25-31-43(57)44(58)32-27-34-48(60)71-42(37-68-47(59)33-26-21-15-13-11-9-7-6-8-10-12-14-18-23-28-40(2)3)38-69-74(64,65)73-75(66,67)70-39-45-49(61)50(62)51(72-45)55-36-35-46(53)54-52(55)63/h5,16-17,19-20,22,24-25,30-31,35-36,40-45,49-51,56-58,61-62H,4,6-15,18,21,23,26-29,32-34,37-39H2,1-3H3,(H,64,65)(H,66,67)(H2,53,54,63)/b19-16+,20-17-,22-5-,30-24+,31-25-/t41-,42+,43+,44+,45+,49+,50+,51+/m0/s1. The highest BCUT2D eigenvalue weighted by Crippen LogP contribution is 2.60. The average molecular weight is 1100 g/mol. The van der Waals surface area contributed by atoms with Crippen molar-refractivity contribution in [2.75, 3.05) is 25.6 Å². The Balaban J connectivity index is 1.88. The number of nitrogens with zero attached hydrogens (tertiary/aromatic N) is 2. The van der Waals surface area contributed by atoms with Crippen LogP contribution in [-0.2, 0) is 46.3 Å². The number of allylic oxidation sites excluding steroid dienone is 7. The molecule has 1 aromatic rings. The number of aliphatic hydroxyl groups is 5. The summed E-state index contributed by atoms with van der Waals surface area (Å²) in [6.45, 7) is 3.95. The second kappa shape index (κ2) is 38.8. The minimum absolute atomic E-state index is 0.0272. The van der Waals surface area contributed by atoms with Crippen LogP contribution in [0.3, 0.4) is 0 Å². The Kier molecular flexibility index (Phi) is 34.9. The van der Waals surface area contributed by atoms with Crippen LogP contribution in [0.2, 0.25) is 0 Å². The van der Waals surface area contributed by atoms with Gasteiger partial charge < -0.3 is 55.3 Å². The molecule has 1 fully saturated rings. The third kappa shape index (κ3) is 32.0. The van der Waals surface area contributed by atoms with Gasteiger partial charge in [0.15, 0.2) is 12.3 Å². The lowest BCUT2D eigenvalue weighted by Crippen LogP contribution is -2.36. The van der Waals surface area contributed by atoms with Crippen LogP contribution in [-0.4, -0.2) is 119 Å². The van der Waals surface area contributed by atoms with E-state index in [0.717, 1.165) is 48.8 Å². The molecular formula is C52H87N3O18P2. The molecular weight excluding hydrogens is 1020 g/mol. The summed E-state index contributed by atoms with van der Waals surface area (Å²) in [6, 6.07) is 1.22. The molecule has 0 saturated carbocycles. The van der Waals surface area contributed by atoms with Gasteiger partial charge in [-0.2, -0.15) is 9.29 Å². The van der Waals surface area contributed by atoms with Gasteiger partial charge in [0.05, 0.1) is 31.5 Å². The molecule has 1 aliphatic heterocycles. The van der Waals surface area contributed by atoms with E-state index in [1.165, 1.54) is 82.4 Å². The molecule has 75 heavy (non-hydrogen) atoms. The number of carbonyl (C=O) groups is 2. The largest absolute Gasteiger partial charge is 0.481 e. The lowest BCUT2D eigenvalue weighted by atomic mass is 10.0. The van der Waals surface area contributed by atoms with E-state index in [9.17, 15) is 58.8 Å². The van der Waals surface area contributed by atoms with E-state index in [4.69, 9.17) is 29.0 Å². The molecule has 2 heterocycles. The van der Waals surface area contributed by atoms with Gasteiger partial charge in [0, 0.05) is 19.0 Å². The third-order valence-electron chi connectivity index (χ3n) is 11.9. The van der Waals surface area contributed by atoms with Crippen molar-refractivity contribution in [3.05, 3.63) is 83.5 Å². The van der Waals surface area contributed by atoms with Gasteiger partial charge in [-0.15, -0.1) is 0 Å². The number of aromatic nitrogens is 2. The first-order chi connectivity index (χ1) is 35.7. The number of hydrogen-bond donors (Lipinski definition) is 8. The Morgan fingerprint density at radius 1 is 0.747 bits per heavy atom. The van der Waals surface area contributed by atoms with Gasteiger partial charge in [0.25, 0.3) is 0 Å². The smallest absolute Gasteiger partial charge is 0.462 e. The Bertz CT molecular complexity index is 2060. The van der Waals surface area contributed by atoms with Crippen molar-refractivity contribution in [3.8, 4) is 0 Å². The highest BCUT2D eigenvalue weighted by atomic mass is 31.3. The summed E-state index contributed by atoms with van der Waals surface area (Å²) < 4.78 is 56.5. The van der Waals surface area contributed by atoms with Crippen LogP contribution < -0.4 is 11.4 Å². The molecule has 10 atom stereocenters. The van der Waals surface area contributed by atoms with E-state index in [-0.39, 0.29) is 31.5 Å². The molecule has 9 N–H and O–H groups in total. The monoisotopic (exact) mass is 1100 g/mol. The average Bonchev–Trinajstić information content (AvgIpc) is 3.63. The molecule has 1 aliphatic rings. The Hall–Kier alpha value is -3.66. The topological polar surface area (TPSA) is 326 Å². The van der Waals surface area contributed by atoms with E-state index in [1.807, 2.05) is 19.1 Å². The summed E-state index contributed by atoms with van der Waals surface area (Å²) in [4.78, 5) is 62.0. The number of nitrogens with two attached hydrogens (primary N) is 1. The highest BCUT2D eigenvalue weighted by Gasteiger charge is 2.46. The van der Waals surface area contributed by atoms with Crippen LogP contribution in [0.25, 0.3) is 0 Å². The maximum Gasteiger partial charge on any atom is 0.481 e. The SMILES string of the molecule is CC/C=C\C[C@H](O)/C=C/C=C/C=C\C=C/[C@@H](O)[C@H](O)CCCC(=O)O[C@H](COC(=O)CCCCCCCCCCCCCCCCC(C)C)COP(=O)(O)OP(=O)(O)OC[C@H]1O[C@@H](n2ccc(N)nc2=O)[C@H](O)[C@@H]1O. The normalized spacial score (nSPS) is 20.6. The van der Waals surface area contributed by atoms with E-state index < -0.39 is 102 Å². The van der Waals surface area contributed by atoms with E-state index >= 15 is 0 Å². The van der Waals surface area contributed by atoms with Gasteiger partial charge in [-0.25, -0.2) is 13.9 Å². The Morgan fingerprint density at radius 2 is 1.31 bits per heavy atom. The fourth-order valence-corrected chi connectivity index (χ4v) is 9.77. The number of hydrogen-bond acceptors (Lipinski definition) is 18. The fourth-order valence-electron chi connectivity index (χ4n) is 7.66. The van der Waals surface area contributed by atoms with Crippen LogP contribution >= 0.6 is 15.6 Å². The van der Waals surface area contributed by atoms with Crippen molar-refractivity contribution in [2.24, 2.45) is 5.92 Å². The van der Waals surface area contributed by atoms with Crippen molar-refractivity contribution >= 4 is 33.4 Å². The van der Waals surface area contributed by atoms with Crippen molar-refractivity contribution < 1.29 is 81.6 Å². The van der Waals surface area contributed by atoms with Crippen molar-refractivity contribution in [1.82, 2.24) is 9.55 Å². The van der Waals surface area contributed by atoms with Gasteiger partial charge >= 0.3 is 33.3 Å². The molecule has 23 heteroatoms. The Labute approximate surface area is 442 Å². The lowest BCUT2D eigenvalue weighted by Gasteiger charge is -2.21. The first-order valence-electron chi connectivity index (χ1n) is 26.5. The van der Waals surface area contributed by atoms with E-state index in [1.54, 1.807) is 36.5 Å². The van der Waals surface area contributed by atoms with Crippen LogP contribution in [0.15, 0.2) is 77.8 Å². The van der Waals surface area contributed by atoms with Gasteiger partial charge in [0.1, 0.15) is 30.7 Å². The van der Waals surface area contributed by atoms with Gasteiger partial charge in [-0.3, -0.25) is 23.2 Å². The van der Waals surface area contributed by atoms with Crippen molar-refractivity contribution in [1.29, 1.82) is 0 Å². The molecule has 0 spiro atoms. The summed E-state index contributed by atoms with van der Waals surface area (Å²) in [6.07, 6.45) is 25.2. The van der Waals surface area contributed by atoms with E-state index in [0.29, 0.717) is 12.8 Å². The zero-order chi connectivity index (χ0) is 55.5. The van der Waals surface area contributed by atoms with Gasteiger partial charge in [0.2, 0.25) is 0 Å².